The number of carbonyl (C=O) groups is 2. The number of carboxylic acid groups (broad SMARTS) is 1. The number of anilines is 2. The van der Waals surface area contributed by atoms with Gasteiger partial charge in [-0.05, 0) is 23.8 Å². The fraction of sp³-hybridized carbons (Fsp3) is 0.0667. The predicted molar refractivity (Wildman–Crippen MR) is 83.5 cm³/mol. The first-order chi connectivity index (χ1) is 10.9. The molecule has 3 N–H and O–H groups in total. The van der Waals surface area contributed by atoms with Crippen molar-refractivity contribution in [1.29, 1.82) is 0 Å². The monoisotopic (exact) mass is 315 g/mol. The number of nitrogens with zero attached hydrogens (tertiary/aromatic N) is 1. The van der Waals surface area contributed by atoms with Crippen LogP contribution < -0.4 is 10.6 Å². The van der Waals surface area contributed by atoms with Gasteiger partial charge in [-0.3, -0.25) is 14.9 Å². The molecular formula is C15H13N3O5. The Morgan fingerprint density at radius 3 is 2.30 bits per heavy atom. The van der Waals surface area contributed by atoms with E-state index < -0.39 is 16.9 Å². The molecule has 0 aliphatic heterocycles. The van der Waals surface area contributed by atoms with E-state index in [1.54, 1.807) is 24.3 Å². The Bertz CT molecular complexity index is 743. The SMILES string of the molecule is O=C(O)Cc1ccc(NC(=O)Nc2cccc([N+](=O)[O-])c2)cc1. The molecule has 0 saturated carbocycles. The highest BCUT2D eigenvalue weighted by atomic mass is 16.6. The summed E-state index contributed by atoms with van der Waals surface area (Å²) in [7, 11) is 0. The van der Waals surface area contributed by atoms with E-state index in [0.29, 0.717) is 16.9 Å². The number of nitro groups is 1. The Labute approximate surface area is 130 Å². The minimum atomic E-state index is -0.936. The van der Waals surface area contributed by atoms with Crippen molar-refractivity contribution in [3.05, 3.63) is 64.2 Å². The van der Waals surface area contributed by atoms with Crippen LogP contribution in [0.1, 0.15) is 5.56 Å². The second-order valence-electron chi connectivity index (χ2n) is 4.65. The van der Waals surface area contributed by atoms with Crippen molar-refractivity contribution in [1.82, 2.24) is 0 Å². The topological polar surface area (TPSA) is 122 Å². The number of hydrogen-bond donors (Lipinski definition) is 3. The van der Waals surface area contributed by atoms with Crippen molar-refractivity contribution in [3.8, 4) is 0 Å². The fourth-order valence-electron chi connectivity index (χ4n) is 1.87. The highest BCUT2D eigenvalue weighted by molar-refractivity contribution is 5.99. The predicted octanol–water partition coefficient (Wildman–Crippen LogP) is 2.87. The van der Waals surface area contributed by atoms with Crippen molar-refractivity contribution in [2.75, 3.05) is 10.6 Å². The third-order valence-corrected chi connectivity index (χ3v) is 2.88. The summed E-state index contributed by atoms with van der Waals surface area (Å²) >= 11 is 0. The van der Waals surface area contributed by atoms with E-state index in [1.807, 2.05) is 0 Å². The first-order valence-corrected chi connectivity index (χ1v) is 6.57. The van der Waals surface area contributed by atoms with Gasteiger partial charge in [0, 0.05) is 23.5 Å². The molecule has 8 heteroatoms. The molecule has 2 aromatic carbocycles. The van der Waals surface area contributed by atoms with E-state index in [-0.39, 0.29) is 12.1 Å². The molecule has 8 nitrogen and oxygen atoms in total. The Morgan fingerprint density at radius 2 is 1.70 bits per heavy atom. The molecule has 0 saturated heterocycles. The third kappa shape index (κ3) is 4.81. The lowest BCUT2D eigenvalue weighted by Gasteiger charge is -2.08. The number of non-ortho nitro benzene ring substituents is 1. The molecule has 0 spiro atoms. The van der Waals surface area contributed by atoms with Crippen LogP contribution in [0.15, 0.2) is 48.5 Å². The van der Waals surface area contributed by atoms with Crippen molar-refractivity contribution in [3.63, 3.8) is 0 Å². The average Bonchev–Trinajstić information content (AvgIpc) is 2.49. The number of carbonyl (C=O) groups excluding carboxylic acids is 1. The van der Waals surface area contributed by atoms with Crippen LogP contribution in [0.25, 0.3) is 0 Å². The standard InChI is InChI=1S/C15H13N3O5/c19-14(20)8-10-4-6-11(7-5-10)16-15(21)17-12-2-1-3-13(9-12)18(22)23/h1-7,9H,8H2,(H,19,20)(H2,16,17,21). The third-order valence-electron chi connectivity index (χ3n) is 2.88. The zero-order valence-corrected chi connectivity index (χ0v) is 11.9. The smallest absolute Gasteiger partial charge is 0.323 e. The van der Waals surface area contributed by atoms with Gasteiger partial charge in [0.2, 0.25) is 0 Å². The van der Waals surface area contributed by atoms with Gasteiger partial charge in [0.1, 0.15) is 0 Å². The number of urea groups is 1. The molecule has 0 bridgehead atoms. The molecule has 2 rings (SSSR count). The van der Waals surface area contributed by atoms with Crippen LogP contribution in [-0.2, 0) is 11.2 Å². The molecule has 2 amide bonds. The van der Waals surface area contributed by atoms with E-state index in [9.17, 15) is 19.7 Å². The first kappa shape index (κ1) is 16.0. The molecular weight excluding hydrogens is 302 g/mol. The maximum Gasteiger partial charge on any atom is 0.323 e. The molecule has 0 atom stereocenters. The van der Waals surface area contributed by atoms with Crippen LogP contribution in [0, 0.1) is 10.1 Å². The lowest BCUT2D eigenvalue weighted by molar-refractivity contribution is -0.384. The summed E-state index contributed by atoms with van der Waals surface area (Å²) in [5, 5.41) is 24.4. The van der Waals surface area contributed by atoms with Gasteiger partial charge in [-0.25, -0.2) is 4.79 Å². The Balaban J connectivity index is 1.98. The molecule has 118 valence electrons. The largest absolute Gasteiger partial charge is 0.481 e. The van der Waals surface area contributed by atoms with Crippen LogP contribution in [0.5, 0.6) is 0 Å². The molecule has 0 aliphatic rings. The lowest BCUT2D eigenvalue weighted by Crippen LogP contribution is -2.19. The van der Waals surface area contributed by atoms with Gasteiger partial charge in [-0.15, -0.1) is 0 Å². The second-order valence-corrected chi connectivity index (χ2v) is 4.65. The Hall–Kier alpha value is -3.42. The number of hydrogen-bond acceptors (Lipinski definition) is 4. The zero-order chi connectivity index (χ0) is 16.8. The van der Waals surface area contributed by atoms with Crippen LogP contribution in [-0.4, -0.2) is 22.0 Å². The van der Waals surface area contributed by atoms with Gasteiger partial charge in [0.05, 0.1) is 11.3 Å². The van der Waals surface area contributed by atoms with Gasteiger partial charge in [-0.2, -0.15) is 0 Å². The van der Waals surface area contributed by atoms with E-state index in [2.05, 4.69) is 10.6 Å². The number of nitrogens with one attached hydrogen (secondary N) is 2. The van der Waals surface area contributed by atoms with Gasteiger partial charge in [0.15, 0.2) is 0 Å². The summed E-state index contributed by atoms with van der Waals surface area (Å²) in [5.41, 5.74) is 1.25. The van der Waals surface area contributed by atoms with Crippen molar-refractivity contribution in [2.24, 2.45) is 0 Å². The minimum Gasteiger partial charge on any atom is -0.481 e. The van der Waals surface area contributed by atoms with E-state index in [4.69, 9.17) is 5.11 Å². The molecule has 23 heavy (non-hydrogen) atoms. The summed E-state index contributed by atoms with van der Waals surface area (Å²) < 4.78 is 0. The Morgan fingerprint density at radius 1 is 1.04 bits per heavy atom. The number of amides is 2. The molecule has 2 aromatic rings. The fourth-order valence-corrected chi connectivity index (χ4v) is 1.87. The molecule has 0 radical (unpaired) electrons. The zero-order valence-electron chi connectivity index (χ0n) is 11.9. The number of aliphatic carboxylic acids is 1. The van der Waals surface area contributed by atoms with Gasteiger partial charge < -0.3 is 15.7 Å². The van der Waals surface area contributed by atoms with Crippen LogP contribution in [0.4, 0.5) is 21.9 Å². The van der Waals surface area contributed by atoms with Gasteiger partial charge in [-0.1, -0.05) is 18.2 Å². The normalized spacial score (nSPS) is 9.91. The quantitative estimate of drug-likeness (QED) is 0.578. The highest BCUT2D eigenvalue weighted by Gasteiger charge is 2.08. The van der Waals surface area contributed by atoms with E-state index in [0.717, 1.165) is 0 Å². The Kier molecular flexibility index (Phi) is 4.88. The summed E-state index contributed by atoms with van der Waals surface area (Å²) in [6.07, 6.45) is -0.0971. The summed E-state index contributed by atoms with van der Waals surface area (Å²) in [5.74, 6) is -0.936. The first-order valence-electron chi connectivity index (χ1n) is 6.57. The number of rotatable bonds is 5. The summed E-state index contributed by atoms with van der Waals surface area (Å²) in [4.78, 5) is 32.5. The van der Waals surface area contributed by atoms with Crippen LogP contribution in [0.2, 0.25) is 0 Å². The van der Waals surface area contributed by atoms with E-state index >= 15 is 0 Å². The van der Waals surface area contributed by atoms with Crippen molar-refractivity contribution >= 4 is 29.1 Å². The number of carboxylic acids is 1. The molecule has 0 aromatic heterocycles. The van der Waals surface area contributed by atoms with Crippen LogP contribution >= 0.6 is 0 Å². The van der Waals surface area contributed by atoms with Crippen LogP contribution in [0.3, 0.4) is 0 Å². The molecule has 0 unspecified atom stereocenters. The lowest BCUT2D eigenvalue weighted by atomic mass is 10.1. The minimum absolute atomic E-state index is 0.0971. The molecule has 0 heterocycles. The second kappa shape index (κ2) is 7.03. The average molecular weight is 315 g/mol. The summed E-state index contributed by atoms with van der Waals surface area (Å²) in [6.45, 7) is 0. The number of benzene rings is 2. The van der Waals surface area contributed by atoms with E-state index in [1.165, 1.54) is 24.3 Å². The van der Waals surface area contributed by atoms with Gasteiger partial charge in [0.25, 0.3) is 5.69 Å². The molecule has 0 aliphatic carbocycles. The van der Waals surface area contributed by atoms with Gasteiger partial charge >= 0.3 is 12.0 Å². The molecule has 0 fully saturated rings. The maximum atomic E-state index is 11.8. The summed E-state index contributed by atoms with van der Waals surface area (Å²) in [6, 6.07) is 11.3. The van der Waals surface area contributed by atoms with Crippen molar-refractivity contribution in [2.45, 2.75) is 6.42 Å². The maximum absolute atomic E-state index is 11.8. The highest BCUT2D eigenvalue weighted by Crippen LogP contribution is 2.17. The van der Waals surface area contributed by atoms with Crippen molar-refractivity contribution < 1.29 is 19.6 Å². The number of nitro benzene ring substituents is 1.